The van der Waals surface area contributed by atoms with E-state index in [-0.39, 0.29) is 6.04 Å². The molecule has 0 amide bonds. The van der Waals surface area contributed by atoms with Crippen molar-refractivity contribution in [2.45, 2.75) is 38.4 Å². The first-order valence-electron chi connectivity index (χ1n) is 5.91. The van der Waals surface area contributed by atoms with Crippen LogP contribution in [0.25, 0.3) is 0 Å². The second kappa shape index (κ2) is 5.87. The van der Waals surface area contributed by atoms with Gasteiger partial charge in [0, 0.05) is 12.6 Å². The molecule has 1 aliphatic rings. The molecule has 0 radical (unpaired) electrons. The van der Waals surface area contributed by atoms with Crippen LogP contribution in [0.15, 0.2) is 0 Å². The van der Waals surface area contributed by atoms with E-state index in [1.807, 2.05) is 0 Å². The summed E-state index contributed by atoms with van der Waals surface area (Å²) in [4.78, 5) is 1.37. The maximum Gasteiger partial charge on any atom is 0.401 e. The van der Waals surface area contributed by atoms with Crippen molar-refractivity contribution in [2.24, 2.45) is 5.92 Å². The number of rotatable bonds is 7. The predicted octanol–water partition coefficient (Wildman–Crippen LogP) is 2.26. The molecule has 0 spiro atoms. The van der Waals surface area contributed by atoms with Gasteiger partial charge in [-0.3, -0.25) is 4.90 Å². The third-order valence-corrected chi connectivity index (χ3v) is 2.81. The number of nitrogens with zero attached hydrogens (tertiary/aromatic N) is 1. The van der Waals surface area contributed by atoms with E-state index in [0.717, 1.165) is 25.8 Å². The molecule has 0 aromatic carbocycles. The van der Waals surface area contributed by atoms with Crippen molar-refractivity contribution in [2.75, 3.05) is 26.7 Å². The quantitative estimate of drug-likeness (QED) is 0.732. The van der Waals surface area contributed by atoms with Crippen molar-refractivity contribution in [3.63, 3.8) is 0 Å². The fraction of sp³-hybridized carbons (Fsp3) is 1.00. The van der Waals surface area contributed by atoms with Crippen LogP contribution in [0.5, 0.6) is 0 Å². The zero-order valence-electron chi connectivity index (χ0n) is 9.98. The SMILES string of the molecule is CCCNC(CN(C)CC(F)(F)F)C1CC1. The molecule has 1 saturated carbocycles. The minimum absolute atomic E-state index is 0.229. The summed E-state index contributed by atoms with van der Waals surface area (Å²) in [6, 6.07) is 0.229. The van der Waals surface area contributed by atoms with Gasteiger partial charge in [0.1, 0.15) is 0 Å². The Kier molecular flexibility index (Phi) is 5.05. The molecule has 0 aromatic rings. The summed E-state index contributed by atoms with van der Waals surface area (Å²) in [6.07, 6.45) is -0.762. The van der Waals surface area contributed by atoms with Crippen molar-refractivity contribution < 1.29 is 13.2 Å². The molecule has 16 heavy (non-hydrogen) atoms. The van der Waals surface area contributed by atoms with Crippen LogP contribution in [0.4, 0.5) is 13.2 Å². The third-order valence-electron chi connectivity index (χ3n) is 2.81. The maximum absolute atomic E-state index is 12.2. The van der Waals surface area contributed by atoms with Gasteiger partial charge >= 0.3 is 6.18 Å². The van der Waals surface area contributed by atoms with E-state index < -0.39 is 12.7 Å². The Bertz CT molecular complexity index is 202. The Hall–Kier alpha value is -0.290. The lowest BCUT2D eigenvalue weighted by molar-refractivity contribution is -0.143. The molecule has 96 valence electrons. The first-order chi connectivity index (χ1) is 7.42. The molecule has 0 saturated heterocycles. The average molecular weight is 238 g/mol. The average Bonchev–Trinajstić information content (AvgIpc) is 2.91. The third kappa shape index (κ3) is 5.70. The summed E-state index contributed by atoms with van der Waals surface area (Å²) in [5.74, 6) is 0.585. The molecule has 2 nitrogen and oxygen atoms in total. The molecule has 0 heterocycles. The van der Waals surface area contributed by atoms with E-state index in [1.165, 1.54) is 11.9 Å². The zero-order chi connectivity index (χ0) is 12.2. The van der Waals surface area contributed by atoms with Crippen molar-refractivity contribution in [1.82, 2.24) is 10.2 Å². The van der Waals surface area contributed by atoms with E-state index in [0.29, 0.717) is 12.5 Å². The monoisotopic (exact) mass is 238 g/mol. The Morgan fingerprint density at radius 3 is 2.44 bits per heavy atom. The predicted molar refractivity (Wildman–Crippen MR) is 58.4 cm³/mol. The van der Waals surface area contributed by atoms with Crippen LogP contribution in [-0.4, -0.2) is 43.8 Å². The topological polar surface area (TPSA) is 15.3 Å². The number of halogens is 3. The minimum atomic E-state index is -4.09. The lowest BCUT2D eigenvalue weighted by Gasteiger charge is -2.25. The van der Waals surface area contributed by atoms with Gasteiger partial charge in [-0.2, -0.15) is 13.2 Å². The highest BCUT2D eigenvalue weighted by atomic mass is 19.4. The van der Waals surface area contributed by atoms with Crippen LogP contribution in [0.1, 0.15) is 26.2 Å². The molecule has 0 aliphatic heterocycles. The van der Waals surface area contributed by atoms with Gasteiger partial charge in [-0.05, 0) is 38.8 Å². The Morgan fingerprint density at radius 1 is 1.38 bits per heavy atom. The molecule has 1 unspecified atom stereocenters. The van der Waals surface area contributed by atoms with Gasteiger partial charge in [-0.1, -0.05) is 6.92 Å². The lowest BCUT2D eigenvalue weighted by atomic mass is 10.1. The van der Waals surface area contributed by atoms with E-state index in [2.05, 4.69) is 12.2 Å². The summed E-state index contributed by atoms with van der Waals surface area (Å²) in [5, 5.41) is 3.34. The summed E-state index contributed by atoms with van der Waals surface area (Å²) in [5.41, 5.74) is 0. The van der Waals surface area contributed by atoms with Crippen LogP contribution in [-0.2, 0) is 0 Å². The number of alkyl halides is 3. The van der Waals surface area contributed by atoms with Gasteiger partial charge in [0.2, 0.25) is 0 Å². The highest BCUT2D eigenvalue weighted by molar-refractivity contribution is 4.88. The normalized spacial score (nSPS) is 19.1. The second-order valence-corrected chi connectivity index (χ2v) is 4.71. The Morgan fingerprint density at radius 2 is 2.00 bits per heavy atom. The Balaban J connectivity index is 2.30. The van der Waals surface area contributed by atoms with Crippen molar-refractivity contribution in [3.05, 3.63) is 0 Å². The molecule has 5 heteroatoms. The number of hydrogen-bond acceptors (Lipinski definition) is 2. The minimum Gasteiger partial charge on any atom is -0.312 e. The van der Waals surface area contributed by atoms with Crippen molar-refractivity contribution in [1.29, 1.82) is 0 Å². The van der Waals surface area contributed by atoms with Gasteiger partial charge in [0.05, 0.1) is 6.54 Å². The van der Waals surface area contributed by atoms with Gasteiger partial charge in [0.25, 0.3) is 0 Å². The van der Waals surface area contributed by atoms with Crippen molar-refractivity contribution in [3.8, 4) is 0 Å². The summed E-state index contributed by atoms with van der Waals surface area (Å²) in [7, 11) is 1.54. The molecule has 1 aliphatic carbocycles. The van der Waals surface area contributed by atoms with E-state index >= 15 is 0 Å². The first kappa shape index (κ1) is 13.8. The van der Waals surface area contributed by atoms with E-state index in [1.54, 1.807) is 0 Å². The smallest absolute Gasteiger partial charge is 0.312 e. The van der Waals surface area contributed by atoms with Crippen molar-refractivity contribution >= 4 is 0 Å². The van der Waals surface area contributed by atoms with Gasteiger partial charge < -0.3 is 5.32 Å². The zero-order valence-corrected chi connectivity index (χ0v) is 9.98. The molecular weight excluding hydrogens is 217 g/mol. The van der Waals surface area contributed by atoms with E-state index in [4.69, 9.17) is 0 Å². The first-order valence-corrected chi connectivity index (χ1v) is 5.91. The summed E-state index contributed by atoms with van der Waals surface area (Å²) in [6.45, 7) is 2.63. The molecular formula is C11H21F3N2. The summed E-state index contributed by atoms with van der Waals surface area (Å²) < 4.78 is 36.5. The highest BCUT2D eigenvalue weighted by Gasteiger charge is 2.34. The standard InChI is InChI=1S/C11H21F3N2/c1-3-6-15-10(9-4-5-9)7-16(2)8-11(12,13)14/h9-10,15H,3-8H2,1-2H3. The number of hydrogen-bond donors (Lipinski definition) is 1. The van der Waals surface area contributed by atoms with E-state index in [9.17, 15) is 13.2 Å². The fourth-order valence-corrected chi connectivity index (χ4v) is 1.92. The molecule has 1 fully saturated rings. The molecule has 0 aromatic heterocycles. The van der Waals surface area contributed by atoms with Crippen LogP contribution in [0.3, 0.4) is 0 Å². The molecule has 0 bridgehead atoms. The lowest BCUT2D eigenvalue weighted by Crippen LogP contribution is -2.44. The number of nitrogens with one attached hydrogen (secondary N) is 1. The summed E-state index contributed by atoms with van der Waals surface area (Å²) >= 11 is 0. The molecule has 1 N–H and O–H groups in total. The van der Waals surface area contributed by atoms with Gasteiger partial charge in [-0.25, -0.2) is 0 Å². The number of likely N-dealkylation sites (N-methyl/N-ethyl adjacent to an activating group) is 1. The molecule has 1 rings (SSSR count). The Labute approximate surface area is 95.2 Å². The van der Waals surface area contributed by atoms with Gasteiger partial charge in [-0.15, -0.1) is 0 Å². The van der Waals surface area contributed by atoms with Gasteiger partial charge in [0.15, 0.2) is 0 Å². The van der Waals surface area contributed by atoms with Crippen LogP contribution in [0, 0.1) is 5.92 Å². The second-order valence-electron chi connectivity index (χ2n) is 4.71. The molecule has 1 atom stereocenters. The van der Waals surface area contributed by atoms with Crippen LogP contribution in [0.2, 0.25) is 0 Å². The fourth-order valence-electron chi connectivity index (χ4n) is 1.92. The van der Waals surface area contributed by atoms with Crippen LogP contribution >= 0.6 is 0 Å². The largest absolute Gasteiger partial charge is 0.401 e. The highest BCUT2D eigenvalue weighted by Crippen LogP contribution is 2.33. The van der Waals surface area contributed by atoms with Crippen LogP contribution < -0.4 is 5.32 Å². The maximum atomic E-state index is 12.2.